The molecule has 0 saturated carbocycles. The summed E-state index contributed by atoms with van der Waals surface area (Å²) in [6.07, 6.45) is 5.99. The number of aromatic nitrogens is 4. The summed E-state index contributed by atoms with van der Waals surface area (Å²) in [4.78, 5) is 5.05. The summed E-state index contributed by atoms with van der Waals surface area (Å²) in [7, 11) is 0. The summed E-state index contributed by atoms with van der Waals surface area (Å²) >= 11 is 0. The maximum atomic E-state index is 5.81. The van der Waals surface area contributed by atoms with Crippen molar-refractivity contribution in [3.63, 3.8) is 0 Å². The van der Waals surface area contributed by atoms with Crippen LogP contribution in [0.4, 0.5) is 5.69 Å². The molecular formula is C21H32ClN6O-. The van der Waals surface area contributed by atoms with Gasteiger partial charge in [0.05, 0.1) is 18.7 Å². The number of benzene rings is 1. The molecule has 7 nitrogen and oxygen atoms in total. The van der Waals surface area contributed by atoms with Gasteiger partial charge in [0.15, 0.2) is 5.82 Å². The van der Waals surface area contributed by atoms with Gasteiger partial charge in [-0.15, -0.1) is 5.10 Å². The molecule has 4 rings (SSSR count). The van der Waals surface area contributed by atoms with Crippen LogP contribution in [-0.4, -0.2) is 64.0 Å². The molecule has 3 heterocycles. The SMILES string of the molecule is CCCCC(c1nnnn1CC1CCCO1)N1CCN(c2ccccc2)CC1.[Cl-]. The fourth-order valence-electron chi connectivity index (χ4n) is 4.36. The molecule has 160 valence electrons. The molecule has 1 aromatic heterocycles. The average Bonchev–Trinajstić information content (AvgIpc) is 3.42. The van der Waals surface area contributed by atoms with E-state index in [-0.39, 0.29) is 24.6 Å². The molecule has 2 aliphatic rings. The van der Waals surface area contributed by atoms with Crippen LogP contribution in [0.25, 0.3) is 0 Å². The number of hydrogen-bond acceptors (Lipinski definition) is 6. The predicted molar refractivity (Wildman–Crippen MR) is 109 cm³/mol. The number of piperazine rings is 1. The highest BCUT2D eigenvalue weighted by molar-refractivity contribution is 5.46. The molecule has 0 amide bonds. The Morgan fingerprint density at radius 2 is 1.93 bits per heavy atom. The number of unbranched alkanes of at least 4 members (excludes halogenated alkanes) is 1. The number of halogens is 1. The highest BCUT2D eigenvalue weighted by Crippen LogP contribution is 2.28. The van der Waals surface area contributed by atoms with E-state index in [1.807, 2.05) is 4.68 Å². The van der Waals surface area contributed by atoms with Gasteiger partial charge >= 0.3 is 0 Å². The zero-order chi connectivity index (χ0) is 19.2. The first-order chi connectivity index (χ1) is 13.8. The van der Waals surface area contributed by atoms with Crippen LogP contribution in [0, 0.1) is 0 Å². The van der Waals surface area contributed by atoms with Gasteiger partial charge in [-0.25, -0.2) is 4.68 Å². The Bertz CT molecular complexity index is 713. The number of tetrazole rings is 1. The van der Waals surface area contributed by atoms with Gasteiger partial charge in [0.1, 0.15) is 0 Å². The minimum absolute atomic E-state index is 0. The lowest BCUT2D eigenvalue weighted by Gasteiger charge is -2.39. The molecule has 0 spiro atoms. The second-order valence-electron chi connectivity index (χ2n) is 7.87. The molecule has 0 bridgehead atoms. The molecule has 0 N–H and O–H groups in total. The average molecular weight is 420 g/mol. The van der Waals surface area contributed by atoms with Gasteiger partial charge < -0.3 is 22.0 Å². The van der Waals surface area contributed by atoms with Crippen molar-refractivity contribution in [2.45, 2.75) is 57.7 Å². The Kier molecular flexibility index (Phi) is 8.27. The summed E-state index contributed by atoms with van der Waals surface area (Å²) in [6, 6.07) is 11.0. The maximum Gasteiger partial charge on any atom is 0.168 e. The van der Waals surface area contributed by atoms with E-state index in [1.165, 1.54) is 18.5 Å². The van der Waals surface area contributed by atoms with Gasteiger partial charge in [0, 0.05) is 38.5 Å². The monoisotopic (exact) mass is 419 g/mol. The van der Waals surface area contributed by atoms with Crippen molar-refractivity contribution in [3.8, 4) is 0 Å². The van der Waals surface area contributed by atoms with Crippen LogP contribution >= 0.6 is 0 Å². The number of nitrogens with zero attached hydrogens (tertiary/aromatic N) is 6. The zero-order valence-corrected chi connectivity index (χ0v) is 18.0. The first kappa shape index (κ1) is 22.0. The molecule has 8 heteroatoms. The van der Waals surface area contributed by atoms with Gasteiger partial charge in [-0.2, -0.15) is 0 Å². The van der Waals surface area contributed by atoms with E-state index in [1.54, 1.807) is 0 Å². The second-order valence-corrected chi connectivity index (χ2v) is 7.87. The number of hydrogen-bond donors (Lipinski definition) is 0. The van der Waals surface area contributed by atoms with Gasteiger partial charge in [-0.05, 0) is 41.8 Å². The van der Waals surface area contributed by atoms with Gasteiger partial charge in [-0.3, -0.25) is 4.90 Å². The van der Waals surface area contributed by atoms with Crippen molar-refractivity contribution in [2.75, 3.05) is 37.7 Å². The Hall–Kier alpha value is -1.70. The third-order valence-electron chi connectivity index (χ3n) is 5.97. The lowest BCUT2D eigenvalue weighted by Crippen LogP contribution is -3.00. The van der Waals surface area contributed by atoms with Gasteiger partial charge in [-0.1, -0.05) is 38.0 Å². The molecule has 2 aliphatic heterocycles. The summed E-state index contributed by atoms with van der Waals surface area (Å²) in [6.45, 7) is 8.05. The van der Waals surface area contributed by atoms with Crippen molar-refractivity contribution in [3.05, 3.63) is 36.2 Å². The number of para-hydroxylation sites is 1. The quantitative estimate of drug-likeness (QED) is 0.596. The lowest BCUT2D eigenvalue weighted by atomic mass is 10.1. The lowest BCUT2D eigenvalue weighted by molar-refractivity contribution is -0.00000764. The summed E-state index contributed by atoms with van der Waals surface area (Å²) < 4.78 is 7.81. The first-order valence-electron chi connectivity index (χ1n) is 10.8. The van der Waals surface area contributed by atoms with E-state index in [0.717, 1.165) is 64.4 Å². The molecule has 1 aromatic carbocycles. The number of rotatable bonds is 8. The Labute approximate surface area is 179 Å². The first-order valence-corrected chi connectivity index (χ1v) is 10.8. The highest BCUT2D eigenvalue weighted by atomic mass is 35.5. The van der Waals surface area contributed by atoms with Crippen LogP contribution in [0.3, 0.4) is 0 Å². The van der Waals surface area contributed by atoms with Crippen molar-refractivity contribution in [2.24, 2.45) is 0 Å². The van der Waals surface area contributed by atoms with Crippen LogP contribution in [0.2, 0.25) is 0 Å². The molecule has 2 aromatic rings. The van der Waals surface area contributed by atoms with Crippen LogP contribution in [0.5, 0.6) is 0 Å². The number of anilines is 1. The molecule has 2 unspecified atom stereocenters. The molecule has 2 fully saturated rings. The van der Waals surface area contributed by atoms with Crippen molar-refractivity contribution in [1.82, 2.24) is 25.1 Å². The van der Waals surface area contributed by atoms with Gasteiger partial charge in [0.25, 0.3) is 0 Å². The van der Waals surface area contributed by atoms with E-state index in [4.69, 9.17) is 4.74 Å². The minimum Gasteiger partial charge on any atom is -1.00 e. The fraction of sp³-hybridized carbons (Fsp3) is 0.667. The summed E-state index contributed by atoms with van der Waals surface area (Å²) in [5.74, 6) is 1.01. The standard InChI is InChI=1S/C21H32N6O.ClH/c1-2-3-11-20(21-22-23-24-27(21)17-19-10-7-16-28-19)26-14-12-25(13-15-26)18-8-5-4-6-9-18;/h4-6,8-9,19-20H,2-3,7,10-17H2,1H3;1H/p-1. The van der Waals surface area contributed by atoms with Crippen molar-refractivity contribution < 1.29 is 17.1 Å². The van der Waals surface area contributed by atoms with Crippen molar-refractivity contribution >= 4 is 5.69 Å². The summed E-state index contributed by atoms with van der Waals surface area (Å²) in [5.41, 5.74) is 1.32. The molecular weight excluding hydrogens is 388 g/mol. The van der Waals surface area contributed by atoms with E-state index < -0.39 is 0 Å². The smallest absolute Gasteiger partial charge is 0.168 e. The third kappa shape index (κ3) is 5.47. The molecule has 2 saturated heterocycles. The molecule has 2 atom stereocenters. The van der Waals surface area contributed by atoms with Crippen molar-refractivity contribution in [1.29, 1.82) is 0 Å². The highest BCUT2D eigenvalue weighted by Gasteiger charge is 2.30. The van der Waals surface area contributed by atoms with Gasteiger partial charge in [0.2, 0.25) is 0 Å². The predicted octanol–water partition coefficient (Wildman–Crippen LogP) is -0.0904. The zero-order valence-electron chi connectivity index (χ0n) is 17.3. The van der Waals surface area contributed by atoms with E-state index >= 15 is 0 Å². The molecule has 0 aliphatic carbocycles. The molecule has 0 radical (unpaired) electrons. The van der Waals surface area contributed by atoms with Crippen LogP contribution in [0.15, 0.2) is 30.3 Å². The van der Waals surface area contributed by atoms with E-state index in [9.17, 15) is 0 Å². The van der Waals surface area contributed by atoms with Crippen LogP contribution in [0.1, 0.15) is 50.9 Å². The van der Waals surface area contributed by atoms with Crippen LogP contribution in [-0.2, 0) is 11.3 Å². The van der Waals surface area contributed by atoms with Crippen LogP contribution < -0.4 is 17.3 Å². The normalized spacial score (nSPS) is 21.1. The Morgan fingerprint density at radius 1 is 1.14 bits per heavy atom. The number of ether oxygens (including phenoxy) is 1. The topological polar surface area (TPSA) is 59.3 Å². The maximum absolute atomic E-state index is 5.81. The van der Waals surface area contributed by atoms with E-state index in [2.05, 4.69) is 62.6 Å². The molecule has 29 heavy (non-hydrogen) atoms. The summed E-state index contributed by atoms with van der Waals surface area (Å²) in [5, 5.41) is 12.8. The second kappa shape index (κ2) is 10.9. The fourth-order valence-corrected chi connectivity index (χ4v) is 4.36. The largest absolute Gasteiger partial charge is 1.00 e. The Morgan fingerprint density at radius 3 is 2.62 bits per heavy atom. The minimum atomic E-state index is 0. The third-order valence-corrected chi connectivity index (χ3v) is 5.97. The Balaban J connectivity index is 0.00000240. The van der Waals surface area contributed by atoms with E-state index in [0.29, 0.717) is 0 Å².